The summed E-state index contributed by atoms with van der Waals surface area (Å²) < 4.78 is 13.1. The SMILES string of the molecule is O=C1C[C@H](CCCC(O)c2ccc(F)cc2)[C@@H](c2ccc(O)cc2O)N1c1ccccc1. The molecule has 3 aromatic rings. The third-order valence-corrected chi connectivity index (χ3v) is 6.10. The Hall–Kier alpha value is -3.38. The van der Waals surface area contributed by atoms with Crippen molar-refractivity contribution in [3.63, 3.8) is 0 Å². The molecule has 1 saturated heterocycles. The molecule has 0 saturated carbocycles. The first-order valence-electron chi connectivity index (χ1n) is 10.8. The van der Waals surface area contributed by atoms with Crippen LogP contribution in [0.2, 0.25) is 0 Å². The number of benzene rings is 3. The minimum Gasteiger partial charge on any atom is -0.508 e. The Morgan fingerprint density at radius 3 is 2.41 bits per heavy atom. The summed E-state index contributed by atoms with van der Waals surface area (Å²) in [6, 6.07) is 19.2. The van der Waals surface area contributed by atoms with Crippen molar-refractivity contribution in [2.24, 2.45) is 5.92 Å². The molecule has 0 radical (unpaired) electrons. The Bertz CT molecular complexity index is 1070. The van der Waals surface area contributed by atoms with Gasteiger partial charge in [-0.2, -0.15) is 0 Å². The fourth-order valence-corrected chi connectivity index (χ4v) is 4.55. The number of anilines is 1. The molecule has 0 aromatic heterocycles. The minimum atomic E-state index is -0.710. The van der Waals surface area contributed by atoms with Crippen LogP contribution in [0.15, 0.2) is 72.8 Å². The molecule has 4 rings (SSSR count). The van der Waals surface area contributed by atoms with E-state index < -0.39 is 6.10 Å². The number of hydrogen-bond donors (Lipinski definition) is 3. The number of aliphatic hydroxyl groups is 1. The van der Waals surface area contributed by atoms with E-state index in [9.17, 15) is 24.5 Å². The standard InChI is InChI=1S/C26H26FNO4/c27-19-11-9-17(10-12-19)23(30)8-4-5-18-15-25(32)28(20-6-2-1-3-7-20)26(18)22-14-13-21(29)16-24(22)31/h1-3,6-7,9-14,16,18,23,26,29-31H,4-5,8,15H2/t18-,23?,26-/m0/s1. The highest BCUT2D eigenvalue weighted by molar-refractivity contribution is 5.97. The monoisotopic (exact) mass is 435 g/mol. The predicted octanol–water partition coefficient (Wildman–Crippen LogP) is 5.24. The summed E-state index contributed by atoms with van der Waals surface area (Å²) >= 11 is 0. The normalized spacial score (nSPS) is 19.3. The lowest BCUT2D eigenvalue weighted by atomic mass is 9.88. The van der Waals surface area contributed by atoms with E-state index in [0.717, 1.165) is 5.69 Å². The summed E-state index contributed by atoms with van der Waals surface area (Å²) in [6.07, 6.45) is 1.42. The zero-order valence-electron chi connectivity index (χ0n) is 17.6. The molecule has 5 nitrogen and oxygen atoms in total. The molecule has 0 bridgehead atoms. The van der Waals surface area contributed by atoms with Crippen LogP contribution in [0.1, 0.15) is 49.0 Å². The van der Waals surface area contributed by atoms with Crippen molar-refractivity contribution in [3.8, 4) is 11.5 Å². The average molecular weight is 435 g/mol. The van der Waals surface area contributed by atoms with Crippen LogP contribution in [0.3, 0.4) is 0 Å². The predicted molar refractivity (Wildman–Crippen MR) is 120 cm³/mol. The van der Waals surface area contributed by atoms with Crippen molar-refractivity contribution in [2.75, 3.05) is 4.90 Å². The zero-order chi connectivity index (χ0) is 22.7. The Kier molecular flexibility index (Phi) is 6.42. The van der Waals surface area contributed by atoms with Crippen LogP contribution >= 0.6 is 0 Å². The van der Waals surface area contributed by atoms with Gasteiger partial charge >= 0.3 is 0 Å². The topological polar surface area (TPSA) is 81.0 Å². The van der Waals surface area contributed by atoms with Gasteiger partial charge in [-0.3, -0.25) is 4.79 Å². The molecule has 0 spiro atoms. The summed E-state index contributed by atoms with van der Waals surface area (Å²) in [5.41, 5.74) is 2.00. The number of hydrogen-bond acceptors (Lipinski definition) is 4. The molecule has 1 fully saturated rings. The van der Waals surface area contributed by atoms with Gasteiger partial charge in [-0.1, -0.05) is 36.8 Å². The van der Waals surface area contributed by atoms with Crippen LogP contribution in [0, 0.1) is 11.7 Å². The average Bonchev–Trinajstić information content (AvgIpc) is 3.10. The van der Waals surface area contributed by atoms with Crippen LogP contribution in [-0.2, 0) is 4.79 Å². The second-order valence-corrected chi connectivity index (χ2v) is 8.25. The van der Waals surface area contributed by atoms with Crippen molar-refractivity contribution in [3.05, 3.63) is 89.7 Å². The number of nitrogens with zero attached hydrogens (tertiary/aromatic N) is 1. The minimum absolute atomic E-state index is 0.0299. The van der Waals surface area contributed by atoms with E-state index in [4.69, 9.17) is 0 Å². The number of aromatic hydroxyl groups is 2. The fourth-order valence-electron chi connectivity index (χ4n) is 4.55. The fraction of sp³-hybridized carbons (Fsp3) is 0.269. The summed E-state index contributed by atoms with van der Waals surface area (Å²) in [4.78, 5) is 14.7. The first-order valence-corrected chi connectivity index (χ1v) is 10.8. The largest absolute Gasteiger partial charge is 0.508 e. The number of phenolic OH excluding ortho intramolecular Hbond substituents is 2. The van der Waals surface area contributed by atoms with Gasteiger partial charge in [0.1, 0.15) is 17.3 Å². The number of phenols is 2. The van der Waals surface area contributed by atoms with Gasteiger partial charge in [0.15, 0.2) is 0 Å². The van der Waals surface area contributed by atoms with E-state index in [1.165, 1.54) is 24.3 Å². The van der Waals surface area contributed by atoms with Crippen molar-refractivity contribution < 1.29 is 24.5 Å². The molecule has 3 aromatic carbocycles. The number of amides is 1. The van der Waals surface area contributed by atoms with Crippen molar-refractivity contribution in [1.82, 2.24) is 0 Å². The maximum absolute atomic E-state index is 13.1. The Labute approximate surface area is 186 Å². The van der Waals surface area contributed by atoms with Gasteiger partial charge in [-0.25, -0.2) is 4.39 Å². The number of carbonyl (C=O) groups is 1. The van der Waals surface area contributed by atoms with Crippen LogP contribution in [-0.4, -0.2) is 21.2 Å². The molecular weight excluding hydrogens is 409 g/mol. The second kappa shape index (κ2) is 9.40. The number of halogens is 1. The third-order valence-electron chi connectivity index (χ3n) is 6.10. The van der Waals surface area contributed by atoms with E-state index in [2.05, 4.69) is 0 Å². The van der Waals surface area contributed by atoms with Gasteiger partial charge in [0.25, 0.3) is 0 Å². The molecule has 1 aliphatic rings. The van der Waals surface area contributed by atoms with Gasteiger partial charge in [-0.15, -0.1) is 0 Å². The summed E-state index contributed by atoms with van der Waals surface area (Å²) in [5.74, 6) is -0.540. The Morgan fingerprint density at radius 2 is 1.72 bits per heavy atom. The zero-order valence-corrected chi connectivity index (χ0v) is 17.6. The van der Waals surface area contributed by atoms with Gasteiger partial charge < -0.3 is 20.2 Å². The molecule has 166 valence electrons. The van der Waals surface area contributed by atoms with Crippen LogP contribution in [0.4, 0.5) is 10.1 Å². The molecule has 6 heteroatoms. The van der Waals surface area contributed by atoms with Gasteiger partial charge in [-0.05, 0) is 60.7 Å². The van der Waals surface area contributed by atoms with E-state index in [1.807, 2.05) is 30.3 Å². The quantitative estimate of drug-likeness (QED) is 0.474. The molecule has 32 heavy (non-hydrogen) atoms. The smallest absolute Gasteiger partial charge is 0.227 e. The lowest BCUT2D eigenvalue weighted by molar-refractivity contribution is -0.117. The van der Waals surface area contributed by atoms with E-state index in [1.54, 1.807) is 23.1 Å². The van der Waals surface area contributed by atoms with Crippen molar-refractivity contribution in [2.45, 2.75) is 37.8 Å². The molecule has 1 amide bonds. The highest BCUT2D eigenvalue weighted by Gasteiger charge is 2.42. The molecule has 3 atom stereocenters. The van der Waals surface area contributed by atoms with E-state index in [0.29, 0.717) is 36.8 Å². The number of carbonyl (C=O) groups excluding carboxylic acids is 1. The number of rotatable bonds is 7. The molecule has 1 aliphatic heterocycles. The number of para-hydroxylation sites is 1. The maximum atomic E-state index is 13.1. The Morgan fingerprint density at radius 1 is 1.00 bits per heavy atom. The lowest BCUT2D eigenvalue weighted by Gasteiger charge is -2.29. The molecule has 1 unspecified atom stereocenters. The van der Waals surface area contributed by atoms with Crippen LogP contribution in [0.25, 0.3) is 0 Å². The van der Waals surface area contributed by atoms with Crippen molar-refractivity contribution >= 4 is 11.6 Å². The van der Waals surface area contributed by atoms with E-state index in [-0.39, 0.29) is 35.2 Å². The summed E-state index contributed by atoms with van der Waals surface area (Å²) in [6.45, 7) is 0. The van der Waals surface area contributed by atoms with Gasteiger partial charge in [0.2, 0.25) is 5.91 Å². The summed E-state index contributed by atoms with van der Waals surface area (Å²) in [7, 11) is 0. The summed E-state index contributed by atoms with van der Waals surface area (Å²) in [5, 5.41) is 30.7. The first-order chi connectivity index (χ1) is 15.4. The molecule has 3 N–H and O–H groups in total. The molecule has 1 heterocycles. The van der Waals surface area contributed by atoms with Gasteiger partial charge in [0.05, 0.1) is 12.1 Å². The highest BCUT2D eigenvalue weighted by Crippen LogP contribution is 2.46. The number of aliphatic hydroxyl groups excluding tert-OH is 1. The first kappa shape index (κ1) is 21.8. The highest BCUT2D eigenvalue weighted by atomic mass is 19.1. The second-order valence-electron chi connectivity index (χ2n) is 8.25. The molecular formula is C26H26FNO4. The van der Waals surface area contributed by atoms with Gasteiger partial charge in [0, 0.05) is 23.7 Å². The third kappa shape index (κ3) is 4.60. The van der Waals surface area contributed by atoms with E-state index >= 15 is 0 Å². The molecule has 0 aliphatic carbocycles. The van der Waals surface area contributed by atoms with Crippen LogP contribution in [0.5, 0.6) is 11.5 Å². The maximum Gasteiger partial charge on any atom is 0.227 e. The van der Waals surface area contributed by atoms with Crippen molar-refractivity contribution in [1.29, 1.82) is 0 Å². The van der Waals surface area contributed by atoms with Crippen LogP contribution < -0.4 is 4.90 Å². The Balaban J connectivity index is 1.54. The lowest BCUT2D eigenvalue weighted by Crippen LogP contribution is -2.28.